The molecule has 0 aromatic carbocycles. The van der Waals surface area contributed by atoms with Crippen molar-refractivity contribution >= 4 is 29.9 Å². The number of aromatic amines is 1. The van der Waals surface area contributed by atoms with E-state index in [0.29, 0.717) is 12.5 Å². The first-order chi connectivity index (χ1) is 10.9. The number of H-pyrrole nitrogens is 1. The van der Waals surface area contributed by atoms with Crippen LogP contribution in [0.5, 0.6) is 0 Å². The first-order valence-electron chi connectivity index (χ1n) is 7.96. The average Bonchev–Trinajstić information content (AvgIpc) is 3.08. The molecule has 1 fully saturated rings. The van der Waals surface area contributed by atoms with Crippen molar-refractivity contribution < 1.29 is 9.47 Å². The van der Waals surface area contributed by atoms with Gasteiger partial charge in [-0.1, -0.05) is 0 Å². The highest BCUT2D eigenvalue weighted by Gasteiger charge is 2.13. The maximum atomic E-state index is 5.74. The van der Waals surface area contributed by atoms with E-state index in [-0.39, 0.29) is 24.0 Å². The molecule has 1 aliphatic rings. The molecule has 1 aromatic heterocycles. The van der Waals surface area contributed by atoms with E-state index in [2.05, 4.69) is 25.8 Å². The smallest absolute Gasteiger partial charge is 0.191 e. The number of hydrogen-bond acceptors (Lipinski definition) is 4. The van der Waals surface area contributed by atoms with Crippen LogP contribution in [-0.2, 0) is 16.0 Å². The first kappa shape index (κ1) is 20.2. The van der Waals surface area contributed by atoms with Crippen LogP contribution in [0.2, 0.25) is 0 Å². The number of aromatic nitrogens is 2. The summed E-state index contributed by atoms with van der Waals surface area (Å²) in [6.07, 6.45) is 4.96. The fourth-order valence-electron chi connectivity index (χ4n) is 2.33. The van der Waals surface area contributed by atoms with E-state index in [0.717, 1.165) is 63.9 Å². The number of guanidine groups is 1. The topological polar surface area (TPSA) is 83.6 Å². The molecule has 1 aromatic rings. The standard InChI is InChI=1S/C15H27N5O2.HI/c1-16-15(18-11-14-3-7-19-20-14)17-6-2-8-22-12-13-4-9-21-10-5-13;/h3,7,13H,2,4-6,8-12H2,1H3,(H,19,20)(H2,16,17,18);1H. The summed E-state index contributed by atoms with van der Waals surface area (Å²) in [6, 6.07) is 1.93. The summed E-state index contributed by atoms with van der Waals surface area (Å²) >= 11 is 0. The molecule has 2 heterocycles. The minimum Gasteiger partial charge on any atom is -0.381 e. The first-order valence-corrected chi connectivity index (χ1v) is 7.96. The number of halogens is 1. The van der Waals surface area contributed by atoms with Gasteiger partial charge in [-0.05, 0) is 31.2 Å². The zero-order chi connectivity index (χ0) is 15.5. The Morgan fingerprint density at radius 3 is 2.96 bits per heavy atom. The second-order valence-corrected chi connectivity index (χ2v) is 5.42. The molecule has 0 unspecified atom stereocenters. The molecule has 2 rings (SSSR count). The summed E-state index contributed by atoms with van der Waals surface area (Å²) in [5.41, 5.74) is 1.03. The molecule has 0 spiro atoms. The van der Waals surface area contributed by atoms with E-state index in [4.69, 9.17) is 9.47 Å². The van der Waals surface area contributed by atoms with Crippen molar-refractivity contribution in [1.82, 2.24) is 20.8 Å². The SMILES string of the molecule is CN=C(NCCCOCC1CCOCC1)NCc1ccn[nH]1.I. The Labute approximate surface area is 155 Å². The maximum absolute atomic E-state index is 5.74. The molecule has 3 N–H and O–H groups in total. The van der Waals surface area contributed by atoms with E-state index < -0.39 is 0 Å². The fourth-order valence-corrected chi connectivity index (χ4v) is 2.33. The molecule has 0 aliphatic carbocycles. The Kier molecular flexibility index (Phi) is 11.0. The van der Waals surface area contributed by atoms with Crippen molar-refractivity contribution in [2.24, 2.45) is 10.9 Å². The normalized spacial score (nSPS) is 16.0. The summed E-state index contributed by atoms with van der Waals surface area (Å²) in [5, 5.41) is 13.3. The van der Waals surface area contributed by atoms with Crippen LogP contribution in [0.3, 0.4) is 0 Å². The largest absolute Gasteiger partial charge is 0.381 e. The Morgan fingerprint density at radius 1 is 1.43 bits per heavy atom. The van der Waals surface area contributed by atoms with Gasteiger partial charge >= 0.3 is 0 Å². The van der Waals surface area contributed by atoms with Crippen molar-refractivity contribution in [3.8, 4) is 0 Å². The Morgan fingerprint density at radius 2 is 2.26 bits per heavy atom. The lowest BCUT2D eigenvalue weighted by molar-refractivity contribution is 0.0203. The second kappa shape index (κ2) is 12.5. The second-order valence-electron chi connectivity index (χ2n) is 5.42. The molecule has 8 heteroatoms. The van der Waals surface area contributed by atoms with Crippen LogP contribution in [0.1, 0.15) is 25.0 Å². The highest BCUT2D eigenvalue weighted by molar-refractivity contribution is 14.0. The van der Waals surface area contributed by atoms with Gasteiger partial charge in [0.2, 0.25) is 0 Å². The van der Waals surface area contributed by atoms with Crippen LogP contribution >= 0.6 is 24.0 Å². The Bertz CT molecular complexity index is 422. The van der Waals surface area contributed by atoms with Gasteiger partial charge in [0.05, 0.1) is 12.2 Å². The Balaban J connectivity index is 0.00000264. The van der Waals surface area contributed by atoms with Crippen LogP contribution < -0.4 is 10.6 Å². The number of nitrogens with zero attached hydrogens (tertiary/aromatic N) is 2. The van der Waals surface area contributed by atoms with Gasteiger partial charge < -0.3 is 20.1 Å². The lowest BCUT2D eigenvalue weighted by Crippen LogP contribution is -2.37. The number of ether oxygens (including phenoxy) is 2. The van der Waals surface area contributed by atoms with Gasteiger partial charge in [-0.3, -0.25) is 10.1 Å². The summed E-state index contributed by atoms with van der Waals surface area (Å²) in [5.74, 6) is 1.46. The van der Waals surface area contributed by atoms with Gasteiger partial charge in [0.1, 0.15) is 0 Å². The third-order valence-corrected chi connectivity index (χ3v) is 3.68. The zero-order valence-corrected chi connectivity index (χ0v) is 16.0. The van der Waals surface area contributed by atoms with E-state index in [1.54, 1.807) is 13.2 Å². The molecule has 0 saturated carbocycles. The monoisotopic (exact) mass is 437 g/mol. The summed E-state index contributed by atoms with van der Waals surface area (Å²) in [6.45, 7) is 4.93. The molecule has 132 valence electrons. The fraction of sp³-hybridized carbons (Fsp3) is 0.733. The molecular formula is C15H28IN5O2. The highest BCUT2D eigenvalue weighted by Crippen LogP contribution is 2.14. The Hall–Kier alpha value is -0.870. The molecule has 0 amide bonds. The minimum atomic E-state index is 0. The minimum absolute atomic E-state index is 0. The number of aliphatic imine (C=N–C) groups is 1. The molecular weight excluding hydrogens is 409 g/mol. The lowest BCUT2D eigenvalue weighted by Gasteiger charge is -2.21. The lowest BCUT2D eigenvalue weighted by atomic mass is 10.0. The van der Waals surface area contributed by atoms with Crippen LogP contribution in [-0.4, -0.2) is 56.2 Å². The third-order valence-electron chi connectivity index (χ3n) is 3.68. The average molecular weight is 437 g/mol. The molecule has 0 atom stereocenters. The van der Waals surface area contributed by atoms with Crippen molar-refractivity contribution in [1.29, 1.82) is 0 Å². The van der Waals surface area contributed by atoms with Crippen molar-refractivity contribution in [3.63, 3.8) is 0 Å². The predicted octanol–water partition coefficient (Wildman–Crippen LogP) is 1.53. The van der Waals surface area contributed by atoms with Gasteiger partial charge in [0.15, 0.2) is 5.96 Å². The predicted molar refractivity (Wildman–Crippen MR) is 101 cm³/mol. The van der Waals surface area contributed by atoms with Gasteiger partial charge in [0, 0.05) is 46.2 Å². The molecule has 23 heavy (non-hydrogen) atoms. The molecule has 7 nitrogen and oxygen atoms in total. The van der Waals surface area contributed by atoms with Crippen LogP contribution in [0.15, 0.2) is 17.3 Å². The third kappa shape index (κ3) is 8.52. The van der Waals surface area contributed by atoms with Crippen LogP contribution in [0.4, 0.5) is 0 Å². The van der Waals surface area contributed by atoms with Crippen molar-refractivity contribution in [2.75, 3.05) is 40.0 Å². The molecule has 0 bridgehead atoms. The molecule has 0 radical (unpaired) electrons. The summed E-state index contributed by atoms with van der Waals surface area (Å²) < 4.78 is 11.1. The quantitative estimate of drug-likeness (QED) is 0.249. The van der Waals surface area contributed by atoms with Gasteiger partial charge in [-0.2, -0.15) is 5.10 Å². The highest BCUT2D eigenvalue weighted by atomic mass is 127. The van der Waals surface area contributed by atoms with E-state index in [9.17, 15) is 0 Å². The zero-order valence-electron chi connectivity index (χ0n) is 13.7. The van der Waals surface area contributed by atoms with E-state index >= 15 is 0 Å². The van der Waals surface area contributed by atoms with Gasteiger partial charge in [-0.15, -0.1) is 24.0 Å². The molecule has 1 aliphatic heterocycles. The molecule has 1 saturated heterocycles. The summed E-state index contributed by atoms with van der Waals surface area (Å²) in [4.78, 5) is 4.18. The van der Waals surface area contributed by atoms with E-state index in [1.807, 2.05) is 6.07 Å². The number of hydrogen-bond donors (Lipinski definition) is 3. The van der Waals surface area contributed by atoms with Crippen LogP contribution in [0.25, 0.3) is 0 Å². The number of nitrogens with one attached hydrogen (secondary N) is 3. The van der Waals surface area contributed by atoms with E-state index in [1.165, 1.54) is 0 Å². The van der Waals surface area contributed by atoms with Gasteiger partial charge in [-0.25, -0.2) is 0 Å². The number of rotatable bonds is 8. The van der Waals surface area contributed by atoms with Crippen molar-refractivity contribution in [2.45, 2.75) is 25.8 Å². The van der Waals surface area contributed by atoms with Gasteiger partial charge in [0.25, 0.3) is 0 Å². The van der Waals surface area contributed by atoms with Crippen LogP contribution in [0, 0.1) is 5.92 Å². The van der Waals surface area contributed by atoms with Crippen molar-refractivity contribution in [3.05, 3.63) is 18.0 Å². The summed E-state index contributed by atoms with van der Waals surface area (Å²) in [7, 11) is 1.77. The maximum Gasteiger partial charge on any atom is 0.191 e.